The predicted molar refractivity (Wildman–Crippen MR) is 128 cm³/mol. The Bertz CT molecular complexity index is 1360. The zero-order valence-electron chi connectivity index (χ0n) is 18.7. The molecule has 0 aliphatic heterocycles. The van der Waals surface area contributed by atoms with Crippen molar-refractivity contribution in [3.05, 3.63) is 71.7 Å². The van der Waals surface area contributed by atoms with E-state index in [2.05, 4.69) is 10.2 Å². The van der Waals surface area contributed by atoms with Gasteiger partial charge in [-0.1, -0.05) is 24.3 Å². The van der Waals surface area contributed by atoms with Crippen LogP contribution < -0.4 is 9.47 Å². The van der Waals surface area contributed by atoms with Crippen LogP contribution in [0, 0.1) is 0 Å². The van der Waals surface area contributed by atoms with Crippen LogP contribution in [0.15, 0.2) is 54.6 Å². The summed E-state index contributed by atoms with van der Waals surface area (Å²) in [5.74, 6) is 1.40. The summed E-state index contributed by atoms with van der Waals surface area (Å²) in [4.78, 5) is 15.9. The quantitative estimate of drug-likeness (QED) is 0.417. The van der Waals surface area contributed by atoms with Gasteiger partial charge in [-0.15, -0.1) is 10.2 Å². The number of hydrogen-bond acceptors (Lipinski definition) is 6. The molecule has 0 amide bonds. The maximum Gasteiger partial charge on any atom is 0.356 e. The summed E-state index contributed by atoms with van der Waals surface area (Å²) >= 11 is 0. The van der Waals surface area contributed by atoms with Gasteiger partial charge in [-0.05, 0) is 68.2 Å². The van der Waals surface area contributed by atoms with Crippen LogP contribution in [0.3, 0.4) is 0 Å². The van der Waals surface area contributed by atoms with Crippen molar-refractivity contribution in [2.45, 2.75) is 31.8 Å². The van der Waals surface area contributed by atoms with Crippen molar-refractivity contribution in [2.24, 2.45) is 0 Å². The third-order valence-electron chi connectivity index (χ3n) is 5.91. The van der Waals surface area contributed by atoms with Gasteiger partial charge in [0.25, 0.3) is 0 Å². The first-order valence-corrected chi connectivity index (χ1v) is 11.2. The van der Waals surface area contributed by atoms with E-state index in [0.29, 0.717) is 17.4 Å². The third kappa shape index (κ3) is 4.22. The van der Waals surface area contributed by atoms with Crippen molar-refractivity contribution >= 4 is 29.2 Å². The Labute approximate surface area is 196 Å². The lowest BCUT2D eigenvalue weighted by atomic mass is 10.1. The zero-order valence-corrected chi connectivity index (χ0v) is 18.7. The number of nitrogens with zero attached hydrogens (tertiary/aromatic N) is 4. The maximum atomic E-state index is 11.2. The van der Waals surface area contributed by atoms with Crippen molar-refractivity contribution in [1.29, 1.82) is 0 Å². The van der Waals surface area contributed by atoms with Crippen LogP contribution in [0.4, 0.5) is 0 Å². The third-order valence-corrected chi connectivity index (χ3v) is 5.91. The van der Waals surface area contributed by atoms with E-state index < -0.39 is 5.97 Å². The molecule has 0 radical (unpaired) electrons. The number of aromatic nitrogens is 4. The fourth-order valence-electron chi connectivity index (χ4n) is 4.24. The molecule has 2 aromatic carbocycles. The first kappa shape index (κ1) is 21.6. The van der Waals surface area contributed by atoms with Gasteiger partial charge in [-0.3, -0.25) is 4.57 Å². The second kappa shape index (κ2) is 9.35. The molecule has 0 spiro atoms. The molecule has 0 atom stereocenters. The van der Waals surface area contributed by atoms with Crippen molar-refractivity contribution in [3.63, 3.8) is 0 Å². The molecule has 8 heteroatoms. The highest BCUT2D eigenvalue weighted by atomic mass is 16.5. The molecule has 1 saturated carbocycles. The van der Waals surface area contributed by atoms with Crippen LogP contribution in [-0.2, 0) is 0 Å². The standard InChI is InChI=1S/C26H24N4O4/c1-33-22-12-6-7-17(25(22)34-18-8-2-3-9-18)13-15-23-27-19-10-4-5-11-21(19)30(23)24-16-14-20(26(31)32)28-29-24/h4-7,10-16,18H,2-3,8-9H2,1H3,(H,31,32). The molecule has 8 nitrogen and oxygen atoms in total. The molecule has 0 bridgehead atoms. The van der Waals surface area contributed by atoms with Crippen molar-refractivity contribution < 1.29 is 19.4 Å². The number of fused-ring (bicyclic) bond motifs is 1. The summed E-state index contributed by atoms with van der Waals surface area (Å²) in [5, 5.41) is 17.1. The average molecular weight is 457 g/mol. The molecule has 34 heavy (non-hydrogen) atoms. The van der Waals surface area contributed by atoms with E-state index in [1.165, 1.54) is 18.9 Å². The Morgan fingerprint density at radius 3 is 2.59 bits per heavy atom. The zero-order chi connectivity index (χ0) is 23.5. The average Bonchev–Trinajstić information content (AvgIpc) is 3.51. The molecule has 1 N–H and O–H groups in total. The second-order valence-corrected chi connectivity index (χ2v) is 8.11. The molecular weight excluding hydrogens is 432 g/mol. The molecular formula is C26H24N4O4. The monoisotopic (exact) mass is 456 g/mol. The van der Waals surface area contributed by atoms with E-state index in [4.69, 9.17) is 19.6 Å². The maximum absolute atomic E-state index is 11.2. The summed E-state index contributed by atoms with van der Waals surface area (Å²) in [6.07, 6.45) is 8.47. The van der Waals surface area contributed by atoms with Crippen molar-refractivity contribution in [3.8, 4) is 17.3 Å². The minimum absolute atomic E-state index is 0.115. The van der Waals surface area contributed by atoms with Gasteiger partial charge in [-0.2, -0.15) is 0 Å². The largest absolute Gasteiger partial charge is 0.493 e. The van der Waals surface area contributed by atoms with Crippen LogP contribution in [0.2, 0.25) is 0 Å². The van der Waals surface area contributed by atoms with Gasteiger partial charge in [-0.25, -0.2) is 9.78 Å². The molecule has 1 fully saturated rings. The summed E-state index contributed by atoms with van der Waals surface area (Å²) in [5.41, 5.74) is 2.40. The molecule has 172 valence electrons. The van der Waals surface area contributed by atoms with Crippen molar-refractivity contribution in [2.75, 3.05) is 7.11 Å². The van der Waals surface area contributed by atoms with Gasteiger partial charge in [0.2, 0.25) is 0 Å². The Kier molecular flexibility index (Phi) is 5.95. The molecule has 5 rings (SSSR count). The number of carbonyl (C=O) groups is 1. The van der Waals surface area contributed by atoms with Crippen LogP contribution in [0.25, 0.3) is 29.0 Å². The smallest absolute Gasteiger partial charge is 0.356 e. The van der Waals surface area contributed by atoms with Crippen LogP contribution in [0.1, 0.15) is 47.6 Å². The minimum Gasteiger partial charge on any atom is -0.493 e. The number of carboxylic acid groups (broad SMARTS) is 1. The summed E-state index contributed by atoms with van der Waals surface area (Å²) in [7, 11) is 1.64. The van der Waals surface area contributed by atoms with E-state index in [1.54, 1.807) is 13.2 Å². The molecule has 2 aromatic heterocycles. The fraction of sp³-hybridized carbons (Fsp3) is 0.231. The van der Waals surface area contributed by atoms with Crippen molar-refractivity contribution in [1.82, 2.24) is 19.7 Å². The number of methoxy groups -OCH3 is 1. The van der Waals surface area contributed by atoms with Gasteiger partial charge in [0.05, 0.1) is 24.2 Å². The number of imidazole rings is 1. The number of hydrogen-bond donors (Lipinski definition) is 1. The summed E-state index contributed by atoms with van der Waals surface area (Å²) in [6, 6.07) is 16.6. The lowest BCUT2D eigenvalue weighted by Gasteiger charge is -2.18. The van der Waals surface area contributed by atoms with E-state index in [9.17, 15) is 4.79 Å². The van der Waals surface area contributed by atoms with Gasteiger partial charge >= 0.3 is 5.97 Å². The normalized spacial score (nSPS) is 14.1. The van der Waals surface area contributed by atoms with E-state index in [-0.39, 0.29) is 11.8 Å². The number of para-hydroxylation sites is 3. The molecule has 1 aliphatic carbocycles. The Morgan fingerprint density at radius 2 is 1.85 bits per heavy atom. The minimum atomic E-state index is -1.12. The Balaban J connectivity index is 1.56. The molecule has 0 unspecified atom stereocenters. The number of ether oxygens (including phenoxy) is 2. The number of carboxylic acids is 1. The highest BCUT2D eigenvalue weighted by molar-refractivity contribution is 5.85. The lowest BCUT2D eigenvalue weighted by molar-refractivity contribution is 0.0689. The van der Waals surface area contributed by atoms with Crippen LogP contribution >= 0.6 is 0 Å². The van der Waals surface area contributed by atoms with Gasteiger partial charge in [0.1, 0.15) is 5.82 Å². The highest BCUT2D eigenvalue weighted by Crippen LogP contribution is 2.36. The van der Waals surface area contributed by atoms with Gasteiger partial charge < -0.3 is 14.6 Å². The first-order valence-electron chi connectivity index (χ1n) is 11.2. The summed E-state index contributed by atoms with van der Waals surface area (Å²) < 4.78 is 13.8. The van der Waals surface area contributed by atoms with Crippen LogP contribution in [-0.4, -0.2) is 44.0 Å². The summed E-state index contributed by atoms with van der Waals surface area (Å²) in [6.45, 7) is 0. The Hall–Kier alpha value is -4.20. The number of benzene rings is 2. The van der Waals surface area contributed by atoms with Gasteiger partial charge in [0.15, 0.2) is 23.0 Å². The molecule has 1 aliphatic rings. The van der Waals surface area contributed by atoms with E-state index in [1.807, 2.05) is 59.2 Å². The molecule has 0 saturated heterocycles. The molecule has 2 heterocycles. The fourth-order valence-corrected chi connectivity index (χ4v) is 4.24. The van der Waals surface area contributed by atoms with Gasteiger partial charge in [0, 0.05) is 5.56 Å². The van der Waals surface area contributed by atoms with E-state index >= 15 is 0 Å². The van der Waals surface area contributed by atoms with Crippen LogP contribution in [0.5, 0.6) is 11.5 Å². The predicted octanol–water partition coefficient (Wildman–Crippen LogP) is 5.01. The Morgan fingerprint density at radius 1 is 1.03 bits per heavy atom. The lowest BCUT2D eigenvalue weighted by Crippen LogP contribution is -2.12. The molecule has 4 aromatic rings. The van der Waals surface area contributed by atoms with E-state index in [0.717, 1.165) is 35.2 Å². The second-order valence-electron chi connectivity index (χ2n) is 8.11. The SMILES string of the molecule is COc1cccc(C=Cc2nc3ccccc3n2-c2ccc(C(=O)O)nn2)c1OC1CCCC1. The number of aromatic carboxylic acids is 1. The topological polar surface area (TPSA) is 99.4 Å². The number of rotatable bonds is 7. The highest BCUT2D eigenvalue weighted by Gasteiger charge is 2.20. The first-order chi connectivity index (χ1) is 16.6.